The number of hydrogen-bond donors (Lipinski definition) is 1. The van der Waals surface area contributed by atoms with Gasteiger partial charge >= 0.3 is 0 Å². The van der Waals surface area contributed by atoms with Crippen molar-refractivity contribution in [2.24, 2.45) is 4.99 Å². The van der Waals surface area contributed by atoms with Crippen molar-refractivity contribution in [3.05, 3.63) is 47.3 Å². The Labute approximate surface area is 145 Å². The van der Waals surface area contributed by atoms with E-state index in [1.165, 1.54) is 11.0 Å². The van der Waals surface area contributed by atoms with Gasteiger partial charge in [0.2, 0.25) is 5.91 Å². The van der Waals surface area contributed by atoms with Crippen LogP contribution in [0.5, 0.6) is 0 Å². The number of aryl methyl sites for hydroxylation is 1. The van der Waals surface area contributed by atoms with Crippen LogP contribution in [-0.4, -0.2) is 43.3 Å². The normalized spacial score (nSPS) is 17.8. The van der Waals surface area contributed by atoms with Crippen LogP contribution in [0.4, 0.5) is 0 Å². The van der Waals surface area contributed by atoms with Crippen molar-refractivity contribution in [1.82, 2.24) is 14.8 Å². The summed E-state index contributed by atoms with van der Waals surface area (Å²) in [5, 5.41) is 3.85. The summed E-state index contributed by atoms with van der Waals surface area (Å²) in [6.45, 7) is 3.68. The Morgan fingerprint density at radius 1 is 1.40 bits per heavy atom. The van der Waals surface area contributed by atoms with Gasteiger partial charge in [-0.25, -0.2) is 8.42 Å². The summed E-state index contributed by atoms with van der Waals surface area (Å²) < 4.78 is 31.6. The van der Waals surface area contributed by atoms with Crippen LogP contribution in [0, 0.1) is 6.92 Å². The van der Waals surface area contributed by atoms with Gasteiger partial charge in [-0.05, 0) is 26.0 Å². The monoisotopic (exact) mass is 362 g/mol. The molecule has 1 amide bonds. The van der Waals surface area contributed by atoms with Gasteiger partial charge in [-0.2, -0.15) is 0 Å². The lowest BCUT2D eigenvalue weighted by atomic mass is 10.2. The zero-order valence-electron chi connectivity index (χ0n) is 14.1. The van der Waals surface area contributed by atoms with Gasteiger partial charge in [-0.3, -0.25) is 14.5 Å². The molecule has 3 rings (SSSR count). The standard InChI is InChI=1S/C16H18N4O4S/c1-10-8-12(18-24-10)9-20(3)16(21)11(2)17-15-13-6-4-5-7-14(13)25(22,23)19-15/h4-8,11H,9H2,1-3H3,(H,17,19)/t11-/m0/s1. The van der Waals surface area contributed by atoms with Crippen LogP contribution in [0.2, 0.25) is 0 Å². The molecule has 25 heavy (non-hydrogen) atoms. The third-order valence-electron chi connectivity index (χ3n) is 3.80. The Bertz CT molecular complexity index is 949. The SMILES string of the molecule is Cc1cc(CN(C)C(=O)[C@H](C)N=C2NS(=O)(=O)c3ccccc32)no1. The zero-order valence-corrected chi connectivity index (χ0v) is 14.9. The van der Waals surface area contributed by atoms with Crippen molar-refractivity contribution in [3.63, 3.8) is 0 Å². The molecule has 1 aromatic carbocycles. The molecule has 0 fully saturated rings. The topological polar surface area (TPSA) is 105 Å². The van der Waals surface area contributed by atoms with Crippen LogP contribution < -0.4 is 4.72 Å². The highest BCUT2D eigenvalue weighted by atomic mass is 32.2. The molecule has 0 radical (unpaired) electrons. The van der Waals surface area contributed by atoms with E-state index in [1.54, 1.807) is 45.2 Å². The molecule has 1 aromatic heterocycles. The number of hydrogen-bond acceptors (Lipinski definition) is 6. The first kappa shape index (κ1) is 17.2. The molecule has 9 heteroatoms. The molecule has 1 aliphatic heterocycles. The number of aromatic nitrogens is 1. The van der Waals surface area contributed by atoms with E-state index in [1.807, 2.05) is 0 Å². The Hall–Kier alpha value is -2.68. The minimum atomic E-state index is -3.62. The maximum absolute atomic E-state index is 12.5. The predicted octanol–water partition coefficient (Wildman–Crippen LogP) is 1.07. The van der Waals surface area contributed by atoms with Crippen LogP contribution >= 0.6 is 0 Å². The number of rotatable bonds is 4. The van der Waals surface area contributed by atoms with E-state index in [0.29, 0.717) is 17.0 Å². The van der Waals surface area contributed by atoms with Crippen molar-refractivity contribution in [2.75, 3.05) is 7.05 Å². The maximum Gasteiger partial charge on any atom is 0.263 e. The fourth-order valence-corrected chi connectivity index (χ4v) is 3.85. The molecular formula is C16H18N4O4S. The number of nitrogens with zero attached hydrogens (tertiary/aromatic N) is 3. The number of benzene rings is 1. The van der Waals surface area contributed by atoms with E-state index in [0.717, 1.165) is 0 Å². The summed E-state index contributed by atoms with van der Waals surface area (Å²) in [6.07, 6.45) is 0. The first-order valence-corrected chi connectivity index (χ1v) is 9.13. The maximum atomic E-state index is 12.5. The van der Waals surface area contributed by atoms with Crippen molar-refractivity contribution in [1.29, 1.82) is 0 Å². The predicted molar refractivity (Wildman–Crippen MR) is 90.5 cm³/mol. The van der Waals surface area contributed by atoms with Crippen LogP contribution in [0.25, 0.3) is 0 Å². The molecule has 1 N–H and O–H groups in total. The summed E-state index contributed by atoms with van der Waals surface area (Å²) >= 11 is 0. The number of carbonyl (C=O) groups excluding carboxylic acids is 1. The molecule has 1 atom stereocenters. The first-order chi connectivity index (χ1) is 11.8. The van der Waals surface area contributed by atoms with Gasteiger partial charge in [-0.1, -0.05) is 17.3 Å². The fraction of sp³-hybridized carbons (Fsp3) is 0.312. The van der Waals surface area contributed by atoms with Gasteiger partial charge in [0.15, 0.2) is 0 Å². The van der Waals surface area contributed by atoms with Crippen LogP contribution in [-0.2, 0) is 21.4 Å². The molecule has 0 aliphatic carbocycles. The number of carbonyl (C=O) groups is 1. The summed E-state index contributed by atoms with van der Waals surface area (Å²) in [7, 11) is -1.99. The number of sulfonamides is 1. The molecule has 0 bridgehead atoms. The average molecular weight is 362 g/mol. The van der Waals surface area contributed by atoms with Crippen LogP contribution in [0.15, 0.2) is 44.7 Å². The molecule has 2 aromatic rings. The number of nitrogens with one attached hydrogen (secondary N) is 1. The molecule has 0 spiro atoms. The van der Waals surface area contributed by atoms with Gasteiger partial charge in [0.1, 0.15) is 23.3 Å². The molecule has 2 heterocycles. The fourth-order valence-electron chi connectivity index (χ4n) is 2.61. The molecule has 132 valence electrons. The minimum Gasteiger partial charge on any atom is -0.361 e. The van der Waals surface area contributed by atoms with E-state index in [9.17, 15) is 13.2 Å². The number of likely N-dealkylation sites (N-methyl/N-ethyl adjacent to an activating group) is 1. The van der Waals surface area contributed by atoms with Crippen LogP contribution in [0.1, 0.15) is 23.9 Å². The van der Waals surface area contributed by atoms with Gasteiger partial charge in [0, 0.05) is 18.7 Å². The lowest BCUT2D eigenvalue weighted by Crippen LogP contribution is -2.35. The van der Waals surface area contributed by atoms with E-state index < -0.39 is 16.1 Å². The smallest absolute Gasteiger partial charge is 0.263 e. The van der Waals surface area contributed by atoms with E-state index in [2.05, 4.69) is 14.9 Å². The van der Waals surface area contributed by atoms with Gasteiger partial charge < -0.3 is 9.42 Å². The van der Waals surface area contributed by atoms with Crippen molar-refractivity contribution in [2.45, 2.75) is 31.3 Å². The first-order valence-electron chi connectivity index (χ1n) is 7.65. The second-order valence-electron chi connectivity index (χ2n) is 5.88. The van der Waals surface area contributed by atoms with Crippen LogP contribution in [0.3, 0.4) is 0 Å². The molecular weight excluding hydrogens is 344 g/mol. The molecule has 8 nitrogen and oxygen atoms in total. The third kappa shape index (κ3) is 3.41. The molecule has 0 saturated carbocycles. The summed E-state index contributed by atoms with van der Waals surface area (Å²) in [6, 6.07) is 7.53. The highest BCUT2D eigenvalue weighted by Gasteiger charge is 2.31. The number of aliphatic imine (C=N–C) groups is 1. The van der Waals surface area contributed by atoms with Gasteiger partial charge in [-0.15, -0.1) is 0 Å². The molecule has 1 aliphatic rings. The van der Waals surface area contributed by atoms with E-state index in [-0.39, 0.29) is 23.2 Å². The zero-order chi connectivity index (χ0) is 18.2. The third-order valence-corrected chi connectivity index (χ3v) is 5.19. The Morgan fingerprint density at radius 3 is 2.80 bits per heavy atom. The molecule has 0 saturated heterocycles. The second kappa shape index (κ2) is 6.32. The average Bonchev–Trinajstić information content (AvgIpc) is 3.08. The lowest BCUT2D eigenvalue weighted by molar-refractivity contribution is -0.131. The second-order valence-corrected chi connectivity index (χ2v) is 7.53. The lowest BCUT2D eigenvalue weighted by Gasteiger charge is -2.18. The number of fused-ring (bicyclic) bond motifs is 1. The number of amidine groups is 1. The molecule has 0 unspecified atom stereocenters. The largest absolute Gasteiger partial charge is 0.361 e. The van der Waals surface area contributed by atoms with Crippen molar-refractivity contribution >= 4 is 21.8 Å². The van der Waals surface area contributed by atoms with Gasteiger partial charge in [0.05, 0.1) is 11.4 Å². The summed E-state index contributed by atoms with van der Waals surface area (Å²) in [4.78, 5) is 18.4. The minimum absolute atomic E-state index is 0.167. The van der Waals surface area contributed by atoms with E-state index in [4.69, 9.17) is 4.52 Å². The summed E-state index contributed by atoms with van der Waals surface area (Å²) in [5.74, 6) is 0.597. The van der Waals surface area contributed by atoms with E-state index >= 15 is 0 Å². The Balaban J connectivity index is 1.78. The Morgan fingerprint density at radius 2 is 2.12 bits per heavy atom. The highest BCUT2D eigenvalue weighted by Crippen LogP contribution is 2.22. The summed E-state index contributed by atoms with van der Waals surface area (Å²) in [5.41, 5.74) is 1.11. The Kier molecular flexibility index (Phi) is 4.34. The quantitative estimate of drug-likeness (QED) is 0.876. The van der Waals surface area contributed by atoms with Gasteiger partial charge in [0.25, 0.3) is 10.0 Å². The number of amides is 1. The van der Waals surface area contributed by atoms with Crippen molar-refractivity contribution in [3.8, 4) is 0 Å². The highest BCUT2D eigenvalue weighted by molar-refractivity contribution is 7.90. The van der Waals surface area contributed by atoms with Crippen molar-refractivity contribution < 1.29 is 17.7 Å².